The molecule has 5 nitrogen and oxygen atoms in total. The van der Waals surface area contributed by atoms with Gasteiger partial charge in [-0.1, -0.05) is 19.3 Å². The Bertz CT molecular complexity index is 777. The van der Waals surface area contributed by atoms with Crippen LogP contribution in [0.5, 0.6) is 0 Å². The zero-order valence-corrected chi connectivity index (χ0v) is 14.8. The number of benzene rings is 1. The molecule has 0 atom stereocenters. The summed E-state index contributed by atoms with van der Waals surface area (Å²) in [4.78, 5) is 14.9. The number of nitrogens with zero attached hydrogens (tertiary/aromatic N) is 3. The van der Waals surface area contributed by atoms with Gasteiger partial charge in [0.1, 0.15) is 11.8 Å². The van der Waals surface area contributed by atoms with E-state index in [2.05, 4.69) is 11.4 Å². The normalized spacial score (nSPS) is 14.8. The standard InChI is InChI=1S/C20H24N4O/c1-23(2)17-8-10-18(11-9-17)24-13-12-15(14-21)19(24)20(25)22-16-6-4-3-5-7-16/h8-13,16H,3-7H2,1-2H3,(H,22,25). The van der Waals surface area contributed by atoms with E-state index in [0.717, 1.165) is 37.1 Å². The van der Waals surface area contributed by atoms with Crippen molar-refractivity contribution in [2.75, 3.05) is 19.0 Å². The topological polar surface area (TPSA) is 61.1 Å². The van der Waals surface area contributed by atoms with Crippen molar-refractivity contribution < 1.29 is 4.79 Å². The first kappa shape index (κ1) is 17.1. The summed E-state index contributed by atoms with van der Waals surface area (Å²) in [5, 5.41) is 12.5. The number of nitrogens with one attached hydrogen (secondary N) is 1. The van der Waals surface area contributed by atoms with Crippen molar-refractivity contribution in [3.63, 3.8) is 0 Å². The molecule has 0 saturated heterocycles. The molecule has 1 N–H and O–H groups in total. The highest BCUT2D eigenvalue weighted by Gasteiger charge is 2.22. The smallest absolute Gasteiger partial charge is 0.269 e. The van der Waals surface area contributed by atoms with Crippen LogP contribution >= 0.6 is 0 Å². The van der Waals surface area contributed by atoms with Gasteiger partial charge >= 0.3 is 0 Å². The molecule has 1 heterocycles. The minimum absolute atomic E-state index is 0.162. The van der Waals surface area contributed by atoms with Gasteiger partial charge in [-0.3, -0.25) is 4.79 Å². The summed E-state index contributed by atoms with van der Waals surface area (Å²) in [6, 6.07) is 12.0. The van der Waals surface area contributed by atoms with E-state index >= 15 is 0 Å². The van der Waals surface area contributed by atoms with Gasteiger partial charge in [0.05, 0.1) is 5.56 Å². The van der Waals surface area contributed by atoms with Gasteiger partial charge in [-0.2, -0.15) is 5.26 Å². The molecule has 1 aromatic heterocycles. The van der Waals surface area contributed by atoms with Crippen LogP contribution in [0.1, 0.15) is 48.2 Å². The van der Waals surface area contributed by atoms with Crippen LogP contribution in [0, 0.1) is 11.3 Å². The van der Waals surface area contributed by atoms with E-state index in [1.165, 1.54) is 6.42 Å². The fourth-order valence-electron chi connectivity index (χ4n) is 3.38. The molecule has 0 radical (unpaired) electrons. The molecule has 130 valence electrons. The highest BCUT2D eigenvalue weighted by Crippen LogP contribution is 2.22. The van der Waals surface area contributed by atoms with E-state index in [1.807, 2.05) is 43.3 Å². The van der Waals surface area contributed by atoms with Gasteiger partial charge < -0.3 is 14.8 Å². The van der Waals surface area contributed by atoms with Crippen molar-refractivity contribution in [3.8, 4) is 11.8 Å². The Hall–Kier alpha value is -2.74. The first-order valence-electron chi connectivity index (χ1n) is 8.80. The van der Waals surface area contributed by atoms with Crippen molar-refractivity contribution in [1.82, 2.24) is 9.88 Å². The molecule has 0 spiro atoms. The van der Waals surface area contributed by atoms with Gasteiger partial charge in [-0.15, -0.1) is 0 Å². The van der Waals surface area contributed by atoms with E-state index in [9.17, 15) is 10.1 Å². The number of nitriles is 1. The highest BCUT2D eigenvalue weighted by atomic mass is 16.2. The van der Waals surface area contributed by atoms with E-state index in [4.69, 9.17) is 0 Å². The third kappa shape index (κ3) is 3.69. The third-order valence-electron chi connectivity index (χ3n) is 4.81. The number of anilines is 1. The van der Waals surface area contributed by atoms with Crippen LogP contribution in [-0.4, -0.2) is 30.6 Å². The average molecular weight is 336 g/mol. The zero-order chi connectivity index (χ0) is 17.8. The summed E-state index contributed by atoms with van der Waals surface area (Å²) in [6.45, 7) is 0. The predicted octanol–water partition coefficient (Wildman–Crippen LogP) is 3.48. The van der Waals surface area contributed by atoms with Crippen LogP contribution in [0.15, 0.2) is 36.5 Å². The number of hydrogen-bond acceptors (Lipinski definition) is 3. The van der Waals surface area contributed by atoms with Gasteiger partial charge in [0.2, 0.25) is 0 Å². The zero-order valence-electron chi connectivity index (χ0n) is 14.8. The van der Waals surface area contributed by atoms with Gasteiger partial charge in [0, 0.05) is 37.7 Å². The molecule has 0 aliphatic heterocycles. The van der Waals surface area contributed by atoms with Gasteiger partial charge in [-0.05, 0) is 43.2 Å². The molecular formula is C20H24N4O. The van der Waals surface area contributed by atoms with E-state index in [1.54, 1.807) is 16.8 Å². The molecule has 1 aliphatic carbocycles. The Morgan fingerprint density at radius 1 is 1.16 bits per heavy atom. The highest BCUT2D eigenvalue weighted by molar-refractivity contribution is 5.96. The summed E-state index contributed by atoms with van der Waals surface area (Å²) >= 11 is 0. The largest absolute Gasteiger partial charge is 0.378 e. The number of rotatable bonds is 4. The SMILES string of the molecule is CN(C)c1ccc(-n2ccc(C#N)c2C(=O)NC2CCCCC2)cc1. The third-order valence-corrected chi connectivity index (χ3v) is 4.81. The quantitative estimate of drug-likeness (QED) is 0.930. The van der Waals surface area contributed by atoms with Crippen molar-refractivity contribution in [1.29, 1.82) is 5.26 Å². The minimum Gasteiger partial charge on any atom is -0.378 e. The molecule has 1 saturated carbocycles. The molecule has 2 aromatic rings. The van der Waals surface area contributed by atoms with Crippen LogP contribution in [0.3, 0.4) is 0 Å². The lowest BCUT2D eigenvalue weighted by Crippen LogP contribution is -2.37. The van der Waals surface area contributed by atoms with Crippen molar-refractivity contribution in [2.24, 2.45) is 0 Å². The number of hydrogen-bond donors (Lipinski definition) is 1. The summed E-state index contributed by atoms with van der Waals surface area (Å²) in [5.74, 6) is -0.162. The Balaban J connectivity index is 1.89. The van der Waals surface area contributed by atoms with E-state index in [0.29, 0.717) is 11.3 Å². The lowest BCUT2D eigenvalue weighted by Gasteiger charge is -2.23. The molecule has 25 heavy (non-hydrogen) atoms. The molecule has 1 fully saturated rings. The molecule has 1 aliphatic rings. The monoisotopic (exact) mass is 336 g/mol. The maximum atomic E-state index is 12.8. The second kappa shape index (κ2) is 7.43. The van der Waals surface area contributed by atoms with Crippen LogP contribution in [0.25, 0.3) is 5.69 Å². The Morgan fingerprint density at radius 2 is 1.84 bits per heavy atom. The molecular weight excluding hydrogens is 312 g/mol. The van der Waals surface area contributed by atoms with E-state index in [-0.39, 0.29) is 11.9 Å². The summed E-state index contributed by atoms with van der Waals surface area (Å²) in [5.41, 5.74) is 2.79. The number of carbonyl (C=O) groups excluding carboxylic acids is 1. The molecule has 0 bridgehead atoms. The molecule has 5 heteroatoms. The maximum Gasteiger partial charge on any atom is 0.269 e. The molecule has 3 rings (SSSR count). The fourth-order valence-corrected chi connectivity index (χ4v) is 3.38. The first-order valence-corrected chi connectivity index (χ1v) is 8.80. The van der Waals surface area contributed by atoms with Gasteiger partial charge in [-0.25, -0.2) is 0 Å². The van der Waals surface area contributed by atoms with Crippen molar-refractivity contribution in [2.45, 2.75) is 38.1 Å². The van der Waals surface area contributed by atoms with Crippen LogP contribution < -0.4 is 10.2 Å². The Kier molecular flexibility index (Phi) is 5.08. The summed E-state index contributed by atoms with van der Waals surface area (Å²) in [6.07, 6.45) is 7.38. The lowest BCUT2D eigenvalue weighted by atomic mass is 9.95. The average Bonchev–Trinajstić information content (AvgIpc) is 3.07. The molecule has 0 unspecified atom stereocenters. The number of amides is 1. The fraction of sp³-hybridized carbons (Fsp3) is 0.400. The van der Waals surface area contributed by atoms with Crippen LogP contribution in [-0.2, 0) is 0 Å². The van der Waals surface area contributed by atoms with E-state index < -0.39 is 0 Å². The molecule has 1 aromatic carbocycles. The molecule has 1 amide bonds. The van der Waals surface area contributed by atoms with Crippen molar-refractivity contribution >= 4 is 11.6 Å². The van der Waals surface area contributed by atoms with Gasteiger partial charge in [0.25, 0.3) is 5.91 Å². The van der Waals surface area contributed by atoms with Crippen molar-refractivity contribution in [3.05, 3.63) is 47.8 Å². The van der Waals surface area contributed by atoms with Crippen LogP contribution in [0.4, 0.5) is 5.69 Å². The van der Waals surface area contributed by atoms with Crippen LogP contribution in [0.2, 0.25) is 0 Å². The van der Waals surface area contributed by atoms with Gasteiger partial charge in [0.15, 0.2) is 0 Å². The summed E-state index contributed by atoms with van der Waals surface area (Å²) < 4.78 is 1.80. The number of carbonyl (C=O) groups is 1. The predicted molar refractivity (Wildman–Crippen MR) is 99.2 cm³/mol. The second-order valence-corrected chi connectivity index (χ2v) is 6.78. The Morgan fingerprint density at radius 3 is 2.44 bits per heavy atom. The minimum atomic E-state index is -0.162. The summed E-state index contributed by atoms with van der Waals surface area (Å²) in [7, 11) is 3.98. The number of aromatic nitrogens is 1. The lowest BCUT2D eigenvalue weighted by molar-refractivity contribution is 0.0920. The maximum absolute atomic E-state index is 12.8. The first-order chi connectivity index (χ1) is 12.1. The second-order valence-electron chi connectivity index (χ2n) is 6.78. The Labute approximate surface area is 148 Å².